The number of ether oxygens (including phenoxy) is 2. The molecule has 1 heterocycles. The Morgan fingerprint density at radius 2 is 1.96 bits per heavy atom. The number of hydrogen-bond acceptors (Lipinski definition) is 7. The van der Waals surface area contributed by atoms with Crippen molar-refractivity contribution in [3.8, 4) is 11.5 Å². The van der Waals surface area contributed by atoms with Crippen molar-refractivity contribution in [1.82, 2.24) is 10.2 Å². The number of methoxy groups -OCH3 is 1. The molecule has 0 fully saturated rings. The summed E-state index contributed by atoms with van der Waals surface area (Å²) in [5.74, 6) is 0.589. The monoisotopic (exact) mass is 380 g/mol. The molecular weight excluding hydrogens is 360 g/mol. The molecule has 1 aliphatic rings. The highest BCUT2D eigenvalue weighted by Crippen LogP contribution is 2.36. The number of fused-ring (bicyclic) bond motifs is 1. The first kappa shape index (κ1) is 18.2. The van der Waals surface area contributed by atoms with Crippen LogP contribution in [0.3, 0.4) is 0 Å². The molecule has 1 aromatic heterocycles. The molecule has 0 radical (unpaired) electrons. The van der Waals surface area contributed by atoms with Crippen molar-refractivity contribution in [3.63, 3.8) is 0 Å². The molecule has 2 atom stereocenters. The van der Waals surface area contributed by atoms with Gasteiger partial charge >= 0.3 is 11.9 Å². The predicted molar refractivity (Wildman–Crippen MR) is 99.1 cm³/mol. The van der Waals surface area contributed by atoms with Crippen LogP contribution >= 0.6 is 0 Å². The zero-order chi connectivity index (χ0) is 19.5. The Labute approximate surface area is 161 Å². The van der Waals surface area contributed by atoms with E-state index in [-0.39, 0.29) is 17.7 Å². The lowest BCUT2D eigenvalue weighted by Gasteiger charge is -2.27. The van der Waals surface area contributed by atoms with E-state index in [1.807, 2.05) is 48.5 Å². The molecule has 4 rings (SSSR count). The molecule has 144 valence electrons. The minimum Gasteiger partial charge on any atom is -0.462 e. The maximum Gasteiger partial charge on any atom is 0.396 e. The molecular formula is C21H20N2O5. The van der Waals surface area contributed by atoms with Crippen molar-refractivity contribution in [2.75, 3.05) is 7.11 Å². The fourth-order valence-electron chi connectivity index (χ4n) is 3.44. The second-order valence-electron chi connectivity index (χ2n) is 6.73. The first-order valence-electron chi connectivity index (χ1n) is 9.08. The highest BCUT2D eigenvalue weighted by molar-refractivity contribution is 5.83. The SMILES string of the molecule is COC(=O)c1nnc(C(O)C2CCc3cc(Oc4ccccc4)ccc3C2)o1. The summed E-state index contributed by atoms with van der Waals surface area (Å²) in [5.41, 5.74) is 2.36. The van der Waals surface area contributed by atoms with Gasteiger partial charge in [0.2, 0.25) is 5.89 Å². The van der Waals surface area contributed by atoms with Crippen LogP contribution < -0.4 is 4.74 Å². The summed E-state index contributed by atoms with van der Waals surface area (Å²) in [5, 5.41) is 18.0. The van der Waals surface area contributed by atoms with Gasteiger partial charge in [0.15, 0.2) is 0 Å². The van der Waals surface area contributed by atoms with Crippen LogP contribution in [-0.2, 0) is 17.6 Å². The highest BCUT2D eigenvalue weighted by Gasteiger charge is 2.30. The van der Waals surface area contributed by atoms with Crippen molar-refractivity contribution in [1.29, 1.82) is 0 Å². The van der Waals surface area contributed by atoms with Gasteiger partial charge < -0.3 is 19.0 Å². The third-order valence-corrected chi connectivity index (χ3v) is 4.92. The third kappa shape index (κ3) is 3.75. The van der Waals surface area contributed by atoms with Gasteiger partial charge in [0.1, 0.15) is 17.6 Å². The summed E-state index contributed by atoms with van der Waals surface area (Å²) < 4.78 is 15.7. The normalized spacial score (nSPS) is 16.9. The average Bonchev–Trinajstić information content (AvgIpc) is 3.23. The van der Waals surface area contributed by atoms with Gasteiger partial charge in [0.25, 0.3) is 0 Å². The van der Waals surface area contributed by atoms with Crippen molar-refractivity contribution in [3.05, 3.63) is 71.4 Å². The number of carbonyl (C=O) groups excluding carboxylic acids is 1. The number of benzene rings is 2. The van der Waals surface area contributed by atoms with Crippen LogP contribution in [0.2, 0.25) is 0 Å². The summed E-state index contributed by atoms with van der Waals surface area (Å²) in [7, 11) is 1.23. The molecule has 7 heteroatoms. The number of carbonyl (C=O) groups is 1. The molecule has 3 aromatic rings. The standard InChI is InChI=1S/C21H20N2O5/c1-26-21(25)20-23-22-19(28-20)18(24)15-8-7-14-12-17(10-9-13(14)11-15)27-16-5-3-2-4-6-16/h2-6,9-10,12,15,18,24H,7-8,11H2,1H3. The van der Waals surface area contributed by atoms with Crippen LogP contribution in [0, 0.1) is 5.92 Å². The number of aliphatic hydroxyl groups is 1. The number of para-hydroxylation sites is 1. The van der Waals surface area contributed by atoms with Gasteiger partial charge in [-0.25, -0.2) is 4.79 Å². The van der Waals surface area contributed by atoms with Crippen molar-refractivity contribution in [2.45, 2.75) is 25.4 Å². The van der Waals surface area contributed by atoms with Gasteiger partial charge in [-0.3, -0.25) is 0 Å². The molecule has 0 spiro atoms. The van der Waals surface area contributed by atoms with Gasteiger partial charge in [-0.2, -0.15) is 0 Å². The van der Waals surface area contributed by atoms with Gasteiger partial charge in [-0.05, 0) is 60.6 Å². The Morgan fingerprint density at radius 1 is 1.14 bits per heavy atom. The fraction of sp³-hybridized carbons (Fsp3) is 0.286. The van der Waals surface area contributed by atoms with Crippen LogP contribution in [0.25, 0.3) is 0 Å². The zero-order valence-corrected chi connectivity index (χ0v) is 15.4. The van der Waals surface area contributed by atoms with Crippen LogP contribution in [-0.4, -0.2) is 28.4 Å². The number of aryl methyl sites for hydroxylation is 1. The summed E-state index contributed by atoms with van der Waals surface area (Å²) in [6.07, 6.45) is 1.32. The van der Waals surface area contributed by atoms with Crippen molar-refractivity contribution in [2.24, 2.45) is 5.92 Å². The lowest BCUT2D eigenvalue weighted by molar-refractivity contribution is 0.0516. The zero-order valence-electron chi connectivity index (χ0n) is 15.4. The van der Waals surface area contributed by atoms with Crippen molar-refractivity contribution < 1.29 is 23.8 Å². The lowest BCUT2D eigenvalue weighted by Crippen LogP contribution is -2.21. The van der Waals surface area contributed by atoms with Gasteiger partial charge in [-0.1, -0.05) is 24.3 Å². The second-order valence-corrected chi connectivity index (χ2v) is 6.73. The average molecular weight is 380 g/mol. The molecule has 0 saturated heterocycles. The quantitative estimate of drug-likeness (QED) is 0.677. The van der Waals surface area contributed by atoms with E-state index in [2.05, 4.69) is 14.9 Å². The minimum absolute atomic E-state index is 0.0397. The Kier molecular flexibility index (Phi) is 5.08. The summed E-state index contributed by atoms with van der Waals surface area (Å²) in [4.78, 5) is 11.4. The fourth-order valence-corrected chi connectivity index (χ4v) is 3.44. The molecule has 0 bridgehead atoms. The summed E-state index contributed by atoms with van der Waals surface area (Å²) in [6, 6.07) is 15.7. The van der Waals surface area contributed by atoms with E-state index in [0.29, 0.717) is 6.42 Å². The molecule has 0 aliphatic heterocycles. The van der Waals surface area contributed by atoms with E-state index in [4.69, 9.17) is 9.15 Å². The Hall–Kier alpha value is -3.19. The molecule has 1 N–H and O–H groups in total. The molecule has 1 aliphatic carbocycles. The molecule has 7 nitrogen and oxygen atoms in total. The topological polar surface area (TPSA) is 94.7 Å². The number of hydrogen-bond donors (Lipinski definition) is 1. The maximum absolute atomic E-state index is 11.4. The van der Waals surface area contributed by atoms with Gasteiger partial charge in [0.05, 0.1) is 7.11 Å². The second kappa shape index (κ2) is 7.82. The number of nitrogens with zero attached hydrogens (tertiary/aromatic N) is 2. The van der Waals surface area contributed by atoms with Gasteiger partial charge in [-0.15, -0.1) is 10.2 Å². The number of esters is 1. The maximum atomic E-state index is 11.4. The number of aliphatic hydroxyl groups excluding tert-OH is 1. The molecule has 0 amide bonds. The summed E-state index contributed by atoms with van der Waals surface area (Å²) in [6.45, 7) is 0. The third-order valence-electron chi connectivity index (χ3n) is 4.92. The first-order chi connectivity index (χ1) is 13.6. The lowest BCUT2D eigenvalue weighted by atomic mass is 9.81. The highest BCUT2D eigenvalue weighted by atomic mass is 16.5. The predicted octanol–water partition coefficient (Wildman–Crippen LogP) is 3.49. The van der Waals surface area contributed by atoms with E-state index in [1.54, 1.807) is 0 Å². The van der Waals surface area contributed by atoms with E-state index in [1.165, 1.54) is 12.7 Å². The number of rotatable bonds is 5. The van der Waals surface area contributed by atoms with Crippen LogP contribution in [0.5, 0.6) is 11.5 Å². The van der Waals surface area contributed by atoms with Crippen molar-refractivity contribution >= 4 is 5.97 Å². The molecule has 0 saturated carbocycles. The molecule has 2 aromatic carbocycles. The molecule has 28 heavy (non-hydrogen) atoms. The van der Waals surface area contributed by atoms with Crippen LogP contribution in [0.1, 0.15) is 40.2 Å². The van der Waals surface area contributed by atoms with E-state index in [9.17, 15) is 9.90 Å². The summed E-state index contributed by atoms with van der Waals surface area (Å²) >= 11 is 0. The largest absolute Gasteiger partial charge is 0.462 e. The smallest absolute Gasteiger partial charge is 0.396 e. The van der Waals surface area contributed by atoms with E-state index < -0.39 is 12.1 Å². The van der Waals surface area contributed by atoms with Gasteiger partial charge in [0, 0.05) is 0 Å². The van der Waals surface area contributed by atoms with E-state index in [0.717, 1.165) is 29.9 Å². The first-order valence-corrected chi connectivity index (χ1v) is 9.08. The Bertz CT molecular complexity index is 970. The van der Waals surface area contributed by atoms with Crippen LogP contribution in [0.15, 0.2) is 52.9 Å². The van der Waals surface area contributed by atoms with E-state index >= 15 is 0 Å². The van der Waals surface area contributed by atoms with Crippen LogP contribution in [0.4, 0.5) is 0 Å². The number of aromatic nitrogens is 2. The Balaban J connectivity index is 1.46. The molecule has 2 unspecified atom stereocenters. The minimum atomic E-state index is -0.931. The Morgan fingerprint density at radius 3 is 2.75 bits per heavy atom.